The lowest BCUT2D eigenvalue weighted by Gasteiger charge is -1.96. The van der Waals surface area contributed by atoms with E-state index in [-0.39, 0.29) is 5.69 Å². The number of nitrogens with zero attached hydrogens (tertiary/aromatic N) is 1. The van der Waals surface area contributed by atoms with Crippen LogP contribution in [0.4, 0.5) is 0 Å². The molecule has 1 heterocycles. The molecule has 12 heavy (non-hydrogen) atoms. The zero-order valence-electron chi connectivity index (χ0n) is 6.33. The maximum Gasteiger partial charge on any atom is 0.328 e. The molecular weight excluding hydrogens is 162 g/mol. The van der Waals surface area contributed by atoms with E-state index < -0.39 is 17.2 Å². The summed E-state index contributed by atoms with van der Waals surface area (Å²) in [6, 6.07) is 0.976. The Morgan fingerprint density at radius 3 is 2.58 bits per heavy atom. The van der Waals surface area contributed by atoms with E-state index in [4.69, 9.17) is 5.73 Å². The second-order valence-corrected chi connectivity index (χ2v) is 2.25. The summed E-state index contributed by atoms with van der Waals surface area (Å²) in [6.07, 6.45) is 0. The van der Waals surface area contributed by atoms with Crippen molar-refractivity contribution in [1.82, 2.24) is 9.55 Å². The Labute approximate surface area is 66.6 Å². The van der Waals surface area contributed by atoms with Crippen molar-refractivity contribution in [3.63, 3.8) is 0 Å². The number of carbonyl (C=O) groups excluding carboxylic acids is 1. The molecule has 0 atom stereocenters. The summed E-state index contributed by atoms with van der Waals surface area (Å²) in [4.78, 5) is 34.4. The van der Waals surface area contributed by atoms with Crippen LogP contribution in [0, 0.1) is 0 Å². The fourth-order valence-corrected chi connectivity index (χ4v) is 0.688. The highest BCUT2D eigenvalue weighted by atomic mass is 16.2. The number of aromatic amines is 1. The number of amides is 1. The standard InChI is InChI=1S/C6H7N3O3/c1-9-4(10)2-3(5(7)11)8-6(9)12/h2H,1H3,(H2,7,11)(H,8,12). The number of aromatic nitrogens is 2. The molecule has 0 spiro atoms. The van der Waals surface area contributed by atoms with Gasteiger partial charge in [-0.15, -0.1) is 0 Å². The third-order valence-corrected chi connectivity index (χ3v) is 1.41. The van der Waals surface area contributed by atoms with E-state index in [0.717, 1.165) is 10.6 Å². The van der Waals surface area contributed by atoms with Gasteiger partial charge < -0.3 is 10.7 Å². The lowest BCUT2D eigenvalue weighted by atomic mass is 10.4. The van der Waals surface area contributed by atoms with Gasteiger partial charge in [0, 0.05) is 13.1 Å². The first-order valence-corrected chi connectivity index (χ1v) is 3.12. The number of rotatable bonds is 1. The molecule has 0 fully saturated rings. The number of hydrogen-bond acceptors (Lipinski definition) is 3. The molecule has 0 saturated carbocycles. The van der Waals surface area contributed by atoms with Crippen molar-refractivity contribution in [3.05, 3.63) is 32.6 Å². The summed E-state index contributed by atoms with van der Waals surface area (Å²) in [7, 11) is 1.30. The molecule has 6 nitrogen and oxygen atoms in total. The van der Waals surface area contributed by atoms with Gasteiger partial charge in [-0.05, 0) is 0 Å². The molecule has 64 valence electrons. The fourth-order valence-electron chi connectivity index (χ4n) is 0.688. The number of nitrogens with two attached hydrogens (primary N) is 1. The molecule has 0 saturated heterocycles. The Balaban J connectivity index is 3.52. The second kappa shape index (κ2) is 2.65. The molecule has 0 aromatic carbocycles. The Hall–Kier alpha value is -1.85. The SMILES string of the molecule is Cn1c(=O)cc(C(N)=O)[nH]c1=O. The highest BCUT2D eigenvalue weighted by molar-refractivity contribution is 5.90. The fraction of sp³-hybridized carbons (Fsp3) is 0.167. The number of carbonyl (C=O) groups is 1. The molecule has 0 unspecified atom stereocenters. The third kappa shape index (κ3) is 1.26. The molecule has 1 rings (SSSR count). The second-order valence-electron chi connectivity index (χ2n) is 2.25. The van der Waals surface area contributed by atoms with E-state index in [1.807, 2.05) is 0 Å². The zero-order valence-corrected chi connectivity index (χ0v) is 6.33. The van der Waals surface area contributed by atoms with Crippen LogP contribution in [0.1, 0.15) is 10.5 Å². The summed E-state index contributed by atoms with van der Waals surface area (Å²) in [5, 5.41) is 0. The Morgan fingerprint density at radius 2 is 2.17 bits per heavy atom. The van der Waals surface area contributed by atoms with E-state index in [0.29, 0.717) is 0 Å². The molecule has 0 radical (unpaired) electrons. The molecule has 1 aromatic heterocycles. The Kier molecular flexibility index (Phi) is 1.82. The lowest BCUT2D eigenvalue weighted by molar-refractivity contribution is 0.0995. The number of primary amides is 1. The Bertz CT molecular complexity index is 397. The van der Waals surface area contributed by atoms with E-state index in [2.05, 4.69) is 4.98 Å². The van der Waals surface area contributed by atoms with Crippen LogP contribution in [0.5, 0.6) is 0 Å². The van der Waals surface area contributed by atoms with Crippen molar-refractivity contribution in [2.24, 2.45) is 12.8 Å². The van der Waals surface area contributed by atoms with E-state index in [1.165, 1.54) is 7.05 Å². The van der Waals surface area contributed by atoms with Crippen LogP contribution in [0.2, 0.25) is 0 Å². The average Bonchev–Trinajstić information content (AvgIpc) is 1.99. The van der Waals surface area contributed by atoms with Crippen molar-refractivity contribution in [2.75, 3.05) is 0 Å². The van der Waals surface area contributed by atoms with E-state index in [9.17, 15) is 14.4 Å². The first kappa shape index (κ1) is 8.25. The highest BCUT2D eigenvalue weighted by Crippen LogP contribution is 1.80. The summed E-state index contributed by atoms with van der Waals surface area (Å²) in [5.41, 5.74) is 3.45. The third-order valence-electron chi connectivity index (χ3n) is 1.41. The first-order chi connectivity index (χ1) is 5.52. The number of nitrogens with one attached hydrogen (secondary N) is 1. The molecule has 3 N–H and O–H groups in total. The van der Waals surface area contributed by atoms with Gasteiger partial charge in [-0.25, -0.2) is 4.79 Å². The quantitative estimate of drug-likeness (QED) is 0.517. The maximum atomic E-state index is 10.9. The van der Waals surface area contributed by atoms with Gasteiger partial charge in [-0.3, -0.25) is 14.2 Å². The molecule has 0 aliphatic heterocycles. The summed E-state index contributed by atoms with van der Waals surface area (Å²) >= 11 is 0. The molecule has 0 aliphatic carbocycles. The van der Waals surface area contributed by atoms with Crippen LogP contribution in [-0.4, -0.2) is 15.5 Å². The zero-order chi connectivity index (χ0) is 9.30. The first-order valence-electron chi connectivity index (χ1n) is 3.12. The molecule has 1 amide bonds. The van der Waals surface area contributed by atoms with Crippen LogP contribution in [0.15, 0.2) is 15.7 Å². The summed E-state index contributed by atoms with van der Waals surface area (Å²) in [6.45, 7) is 0. The van der Waals surface area contributed by atoms with Gasteiger partial charge in [-0.2, -0.15) is 0 Å². The van der Waals surface area contributed by atoms with Gasteiger partial charge in [0.2, 0.25) is 0 Å². The van der Waals surface area contributed by atoms with Crippen LogP contribution in [0.3, 0.4) is 0 Å². The van der Waals surface area contributed by atoms with Crippen LogP contribution in [-0.2, 0) is 7.05 Å². The van der Waals surface area contributed by atoms with Gasteiger partial charge in [0.05, 0.1) is 0 Å². The summed E-state index contributed by atoms with van der Waals surface area (Å²) < 4.78 is 0.840. The molecular formula is C6H7N3O3. The minimum Gasteiger partial charge on any atom is -0.364 e. The highest BCUT2D eigenvalue weighted by Gasteiger charge is 2.04. The van der Waals surface area contributed by atoms with Crippen molar-refractivity contribution in [2.45, 2.75) is 0 Å². The topological polar surface area (TPSA) is 97.9 Å². The smallest absolute Gasteiger partial charge is 0.328 e. The lowest BCUT2D eigenvalue weighted by Crippen LogP contribution is -2.35. The minimum absolute atomic E-state index is 0.178. The largest absolute Gasteiger partial charge is 0.364 e. The molecule has 6 heteroatoms. The van der Waals surface area contributed by atoms with Gasteiger partial charge in [0.25, 0.3) is 11.5 Å². The van der Waals surface area contributed by atoms with Crippen LogP contribution >= 0.6 is 0 Å². The maximum absolute atomic E-state index is 10.9. The minimum atomic E-state index is -0.829. The van der Waals surface area contributed by atoms with Gasteiger partial charge in [0.15, 0.2) is 0 Å². The van der Waals surface area contributed by atoms with E-state index in [1.54, 1.807) is 0 Å². The van der Waals surface area contributed by atoms with E-state index >= 15 is 0 Å². The molecule has 1 aromatic rings. The predicted octanol–water partition coefficient (Wildman–Crippen LogP) is -1.83. The number of hydrogen-bond donors (Lipinski definition) is 2. The normalized spacial score (nSPS) is 9.75. The van der Waals surface area contributed by atoms with Gasteiger partial charge in [-0.1, -0.05) is 0 Å². The van der Waals surface area contributed by atoms with Crippen LogP contribution < -0.4 is 17.0 Å². The van der Waals surface area contributed by atoms with Crippen LogP contribution in [0.25, 0.3) is 0 Å². The van der Waals surface area contributed by atoms with Gasteiger partial charge >= 0.3 is 5.69 Å². The van der Waals surface area contributed by atoms with Crippen molar-refractivity contribution >= 4 is 5.91 Å². The van der Waals surface area contributed by atoms with Gasteiger partial charge in [0.1, 0.15) is 5.69 Å². The average molecular weight is 169 g/mol. The number of H-pyrrole nitrogens is 1. The van der Waals surface area contributed by atoms with Crippen molar-refractivity contribution in [3.8, 4) is 0 Å². The van der Waals surface area contributed by atoms with Crippen molar-refractivity contribution in [1.29, 1.82) is 0 Å². The molecule has 0 aliphatic rings. The monoisotopic (exact) mass is 169 g/mol. The summed E-state index contributed by atoms with van der Waals surface area (Å²) in [5.74, 6) is -0.829. The van der Waals surface area contributed by atoms with Crippen molar-refractivity contribution < 1.29 is 4.79 Å². The molecule has 0 bridgehead atoms. The predicted molar refractivity (Wildman–Crippen MR) is 40.8 cm³/mol. The Morgan fingerprint density at radius 1 is 1.58 bits per heavy atom.